The molecule has 2 aliphatic heterocycles. The molecule has 2 N–H and O–H groups in total. The minimum Gasteiger partial charge on any atom is -0.350 e. The largest absolute Gasteiger partial charge is 0.350 e. The van der Waals surface area contributed by atoms with E-state index in [1.165, 1.54) is 0 Å². The highest BCUT2D eigenvalue weighted by atomic mass is 16.2. The first-order chi connectivity index (χ1) is 9.15. The minimum atomic E-state index is -0.0576. The molecule has 3 aliphatic rings. The van der Waals surface area contributed by atoms with Gasteiger partial charge >= 0.3 is 0 Å². The summed E-state index contributed by atoms with van der Waals surface area (Å²) in [7, 11) is 0. The van der Waals surface area contributed by atoms with Crippen LogP contribution < -0.4 is 10.6 Å². The number of rotatable bonds is 3. The van der Waals surface area contributed by atoms with Gasteiger partial charge in [0.25, 0.3) is 0 Å². The maximum absolute atomic E-state index is 12.1. The van der Waals surface area contributed by atoms with Crippen LogP contribution in [-0.2, 0) is 9.59 Å². The molecule has 3 rings (SSSR count). The molecule has 0 spiro atoms. The fourth-order valence-electron chi connectivity index (χ4n) is 3.26. The Balaban J connectivity index is 1.50. The van der Waals surface area contributed by atoms with E-state index < -0.39 is 0 Å². The molecule has 0 aromatic carbocycles. The van der Waals surface area contributed by atoms with E-state index in [9.17, 15) is 9.59 Å². The maximum Gasteiger partial charge on any atom is 0.237 e. The molecule has 0 aromatic heterocycles. The molecular formula is C14H23N3O2. The van der Waals surface area contributed by atoms with Crippen LogP contribution in [0.4, 0.5) is 0 Å². The number of nitrogens with one attached hydrogen (secondary N) is 2. The van der Waals surface area contributed by atoms with Crippen LogP contribution in [0, 0.1) is 5.92 Å². The number of nitrogens with zero attached hydrogens (tertiary/aromatic N) is 1. The summed E-state index contributed by atoms with van der Waals surface area (Å²) in [5.74, 6) is 0.915. The predicted octanol–water partition coefficient (Wildman–Crippen LogP) is 0.254. The number of hydrogen-bond acceptors (Lipinski definition) is 3. The van der Waals surface area contributed by atoms with Gasteiger partial charge in [-0.15, -0.1) is 0 Å². The topological polar surface area (TPSA) is 61.4 Å². The number of amides is 2. The van der Waals surface area contributed by atoms with Crippen molar-refractivity contribution in [2.45, 2.75) is 57.2 Å². The second-order valence-electron chi connectivity index (χ2n) is 6.24. The Morgan fingerprint density at radius 3 is 2.84 bits per heavy atom. The van der Waals surface area contributed by atoms with Crippen LogP contribution in [0.25, 0.3) is 0 Å². The summed E-state index contributed by atoms with van der Waals surface area (Å²) < 4.78 is 0. The van der Waals surface area contributed by atoms with Gasteiger partial charge in [0.05, 0.1) is 12.1 Å². The van der Waals surface area contributed by atoms with Crippen LogP contribution in [0.2, 0.25) is 0 Å². The number of carbonyl (C=O) groups excluding carboxylic acids is 2. The second-order valence-corrected chi connectivity index (χ2v) is 6.24. The summed E-state index contributed by atoms with van der Waals surface area (Å²) in [5, 5.41) is 6.29. The van der Waals surface area contributed by atoms with Gasteiger partial charge in [0.1, 0.15) is 0 Å². The number of carbonyl (C=O) groups is 2. The molecule has 0 radical (unpaired) electrons. The van der Waals surface area contributed by atoms with Crippen molar-refractivity contribution in [1.82, 2.24) is 15.5 Å². The third kappa shape index (κ3) is 2.76. The van der Waals surface area contributed by atoms with Gasteiger partial charge in [-0.2, -0.15) is 0 Å². The molecule has 2 heterocycles. The average Bonchev–Trinajstić information content (AvgIpc) is 3.02. The quantitative estimate of drug-likeness (QED) is 0.769. The number of likely N-dealkylation sites (tertiary alicyclic amines) is 1. The number of hydrogen-bond donors (Lipinski definition) is 2. The molecule has 2 saturated heterocycles. The van der Waals surface area contributed by atoms with E-state index in [1.807, 2.05) is 4.90 Å². The highest BCUT2D eigenvalue weighted by Crippen LogP contribution is 2.37. The molecule has 5 heteroatoms. The smallest absolute Gasteiger partial charge is 0.237 e. The van der Waals surface area contributed by atoms with Crippen LogP contribution in [0.1, 0.15) is 39.0 Å². The molecule has 4 atom stereocenters. The van der Waals surface area contributed by atoms with Gasteiger partial charge < -0.3 is 15.5 Å². The SMILES string of the molecule is C[C@@H]1C[C@@H]1N1C[C@H](NC(=O)[C@@H]2CCCCN2)CC1=O. The molecule has 0 bridgehead atoms. The standard InChI is InChI=1S/C14H23N3O2/c1-9-6-12(9)17-8-10(7-13(17)18)16-14(19)11-4-2-3-5-15-11/h9-12,15H,2-8H2,1H3,(H,16,19)/t9-,10-,11+,12+/m1/s1. The Kier molecular flexibility index (Phi) is 3.48. The first-order valence-corrected chi connectivity index (χ1v) is 7.48. The Labute approximate surface area is 114 Å². The number of piperidine rings is 1. The van der Waals surface area contributed by atoms with Crippen molar-refractivity contribution < 1.29 is 9.59 Å². The van der Waals surface area contributed by atoms with Gasteiger partial charge in [-0.1, -0.05) is 13.3 Å². The highest BCUT2D eigenvalue weighted by Gasteiger charge is 2.45. The summed E-state index contributed by atoms with van der Waals surface area (Å²) >= 11 is 0. The van der Waals surface area contributed by atoms with Crippen molar-refractivity contribution in [3.63, 3.8) is 0 Å². The predicted molar refractivity (Wildman–Crippen MR) is 71.5 cm³/mol. The van der Waals surface area contributed by atoms with E-state index in [4.69, 9.17) is 0 Å². The first kappa shape index (κ1) is 12.9. The summed E-state index contributed by atoms with van der Waals surface area (Å²) in [6.45, 7) is 3.80. The van der Waals surface area contributed by atoms with Crippen LogP contribution in [0.15, 0.2) is 0 Å². The van der Waals surface area contributed by atoms with Crippen LogP contribution in [0.3, 0.4) is 0 Å². The van der Waals surface area contributed by atoms with E-state index in [0.29, 0.717) is 24.9 Å². The lowest BCUT2D eigenvalue weighted by atomic mass is 10.0. The van der Waals surface area contributed by atoms with E-state index in [2.05, 4.69) is 17.6 Å². The summed E-state index contributed by atoms with van der Waals surface area (Å²) in [6.07, 6.45) is 4.77. The zero-order valence-corrected chi connectivity index (χ0v) is 11.5. The zero-order valence-electron chi connectivity index (χ0n) is 11.5. The Bertz CT molecular complexity index is 379. The van der Waals surface area contributed by atoms with Gasteiger partial charge in [0.15, 0.2) is 0 Å². The molecule has 5 nitrogen and oxygen atoms in total. The average molecular weight is 265 g/mol. The highest BCUT2D eigenvalue weighted by molar-refractivity contribution is 5.85. The van der Waals surface area contributed by atoms with Gasteiger partial charge in [-0.3, -0.25) is 9.59 Å². The third-order valence-electron chi connectivity index (χ3n) is 4.60. The molecule has 0 unspecified atom stereocenters. The van der Waals surface area contributed by atoms with Crippen LogP contribution >= 0.6 is 0 Å². The van der Waals surface area contributed by atoms with Crippen molar-refractivity contribution in [3.05, 3.63) is 0 Å². The fraction of sp³-hybridized carbons (Fsp3) is 0.857. The molecule has 19 heavy (non-hydrogen) atoms. The van der Waals surface area contributed by atoms with Gasteiger partial charge in [-0.05, 0) is 31.7 Å². The minimum absolute atomic E-state index is 0.0107. The third-order valence-corrected chi connectivity index (χ3v) is 4.60. The lowest BCUT2D eigenvalue weighted by Crippen LogP contribution is -2.50. The van der Waals surface area contributed by atoms with Gasteiger partial charge in [-0.25, -0.2) is 0 Å². The molecular weight excluding hydrogens is 242 g/mol. The first-order valence-electron chi connectivity index (χ1n) is 7.48. The molecule has 106 valence electrons. The fourth-order valence-corrected chi connectivity index (χ4v) is 3.26. The molecule has 1 aliphatic carbocycles. The molecule has 1 saturated carbocycles. The monoisotopic (exact) mass is 265 g/mol. The van der Waals surface area contributed by atoms with Crippen molar-refractivity contribution >= 4 is 11.8 Å². The van der Waals surface area contributed by atoms with E-state index in [1.54, 1.807) is 0 Å². The zero-order chi connectivity index (χ0) is 13.4. The molecule has 0 aromatic rings. The van der Waals surface area contributed by atoms with Crippen LogP contribution in [0.5, 0.6) is 0 Å². The Morgan fingerprint density at radius 2 is 2.21 bits per heavy atom. The maximum atomic E-state index is 12.1. The lowest BCUT2D eigenvalue weighted by Gasteiger charge is -2.24. The van der Waals surface area contributed by atoms with Crippen molar-refractivity contribution in [1.29, 1.82) is 0 Å². The summed E-state index contributed by atoms with van der Waals surface area (Å²) in [4.78, 5) is 26.0. The van der Waals surface area contributed by atoms with E-state index in [-0.39, 0.29) is 23.9 Å². The van der Waals surface area contributed by atoms with E-state index >= 15 is 0 Å². The second kappa shape index (κ2) is 5.12. The summed E-state index contributed by atoms with van der Waals surface area (Å²) in [6, 6.07) is 0.386. The van der Waals surface area contributed by atoms with Gasteiger partial charge in [0, 0.05) is 19.0 Å². The Morgan fingerprint density at radius 1 is 1.42 bits per heavy atom. The summed E-state index contributed by atoms with van der Waals surface area (Å²) in [5.41, 5.74) is 0. The van der Waals surface area contributed by atoms with Crippen LogP contribution in [-0.4, -0.2) is 47.9 Å². The van der Waals surface area contributed by atoms with Crippen molar-refractivity contribution in [3.8, 4) is 0 Å². The Hall–Kier alpha value is -1.10. The normalized spacial score (nSPS) is 38.4. The molecule has 2 amide bonds. The lowest BCUT2D eigenvalue weighted by molar-refractivity contribution is -0.128. The van der Waals surface area contributed by atoms with Crippen molar-refractivity contribution in [2.75, 3.05) is 13.1 Å². The van der Waals surface area contributed by atoms with Gasteiger partial charge in [0.2, 0.25) is 11.8 Å². The van der Waals surface area contributed by atoms with Crippen molar-refractivity contribution in [2.24, 2.45) is 5.92 Å². The molecule has 3 fully saturated rings. The van der Waals surface area contributed by atoms with E-state index in [0.717, 1.165) is 32.2 Å².